The van der Waals surface area contributed by atoms with E-state index in [0.717, 1.165) is 36.0 Å². The number of fused-ring (bicyclic) bond motifs is 2. The Morgan fingerprint density at radius 3 is 2.02 bits per heavy atom. The molecule has 1 heterocycles. The summed E-state index contributed by atoms with van der Waals surface area (Å²) in [5.74, 6) is -1.11. The zero-order valence-electron chi connectivity index (χ0n) is 31.2. The van der Waals surface area contributed by atoms with Crippen molar-refractivity contribution in [3.8, 4) is 0 Å². The topological polar surface area (TPSA) is 160 Å². The van der Waals surface area contributed by atoms with E-state index in [1.807, 2.05) is 57.2 Å². The minimum atomic E-state index is -0.965. The molecule has 0 radical (unpaired) electrons. The highest BCUT2D eigenvalue weighted by atomic mass is 16.6. The van der Waals surface area contributed by atoms with Crippen molar-refractivity contribution in [3.63, 3.8) is 0 Å². The Hall–Kier alpha value is -3.43. The smallest absolute Gasteiger partial charge is 0.248 e. The lowest BCUT2D eigenvalue weighted by Crippen LogP contribution is -2.62. The lowest BCUT2D eigenvalue weighted by Gasteiger charge is -2.45. The molecule has 1 aliphatic carbocycles. The minimum absolute atomic E-state index is 0.148. The maximum Gasteiger partial charge on any atom is 0.248 e. The van der Waals surface area contributed by atoms with Crippen LogP contribution in [0.2, 0.25) is 0 Å². The Kier molecular flexibility index (Phi) is 16.9. The van der Waals surface area contributed by atoms with Gasteiger partial charge in [0.2, 0.25) is 17.7 Å². The zero-order valence-corrected chi connectivity index (χ0v) is 31.2. The van der Waals surface area contributed by atoms with Crippen molar-refractivity contribution in [1.82, 2.24) is 15.5 Å². The predicted molar refractivity (Wildman–Crippen MR) is 195 cm³/mol. The molecule has 3 amide bonds. The van der Waals surface area contributed by atoms with Crippen LogP contribution in [0.3, 0.4) is 0 Å². The number of nitrogens with zero attached hydrogens (tertiary/aromatic N) is 1. The van der Waals surface area contributed by atoms with Crippen molar-refractivity contribution in [3.05, 3.63) is 70.8 Å². The van der Waals surface area contributed by atoms with Crippen LogP contribution in [0.25, 0.3) is 0 Å². The molecule has 2 unspecified atom stereocenters. The highest BCUT2D eigenvalue weighted by Gasteiger charge is 2.47. The number of hydrogen-bond donors (Lipinski definition) is 3. The first-order chi connectivity index (χ1) is 25.2. The van der Waals surface area contributed by atoms with Gasteiger partial charge in [-0.05, 0) is 41.4 Å². The van der Waals surface area contributed by atoms with Crippen LogP contribution in [0.1, 0.15) is 68.1 Å². The average molecular weight is 727 g/mol. The summed E-state index contributed by atoms with van der Waals surface area (Å²) < 4.78 is 33.6. The number of aryl methyl sites for hydroxylation is 1. The third-order valence-corrected chi connectivity index (χ3v) is 9.14. The van der Waals surface area contributed by atoms with Crippen molar-refractivity contribution in [2.75, 3.05) is 79.7 Å². The van der Waals surface area contributed by atoms with Crippen LogP contribution < -0.4 is 16.4 Å². The fourth-order valence-electron chi connectivity index (χ4n) is 6.61. The summed E-state index contributed by atoms with van der Waals surface area (Å²) in [7, 11) is 1.43. The Morgan fingerprint density at radius 1 is 0.827 bits per heavy atom. The molecule has 0 fully saturated rings. The summed E-state index contributed by atoms with van der Waals surface area (Å²) in [4.78, 5) is 43.6. The largest absolute Gasteiger partial charge is 0.378 e. The normalized spacial score (nSPS) is 19.0. The highest BCUT2D eigenvalue weighted by molar-refractivity contribution is 5.93. The van der Waals surface area contributed by atoms with E-state index in [2.05, 4.69) is 22.8 Å². The summed E-state index contributed by atoms with van der Waals surface area (Å²) in [6.07, 6.45) is 2.11. The van der Waals surface area contributed by atoms with Crippen molar-refractivity contribution in [2.24, 2.45) is 11.1 Å². The molecule has 0 spiro atoms. The fraction of sp³-hybridized carbons (Fsp3) is 0.615. The van der Waals surface area contributed by atoms with Crippen LogP contribution >= 0.6 is 0 Å². The van der Waals surface area contributed by atoms with E-state index >= 15 is 0 Å². The van der Waals surface area contributed by atoms with E-state index < -0.39 is 35.5 Å². The zero-order chi connectivity index (χ0) is 37.3. The van der Waals surface area contributed by atoms with Crippen LogP contribution in [-0.2, 0) is 55.6 Å². The predicted octanol–water partition coefficient (Wildman–Crippen LogP) is 2.85. The van der Waals surface area contributed by atoms with Crippen LogP contribution in [0.15, 0.2) is 48.5 Å². The SMILES string of the molecule is COCC(=O)N[C@H](C(=O)N1C(C(=O)N[C@@H]2CCCc3ccccc32)Cc2ccccc2C1OCCOCCOCCOCCOCCN)C(C)(C)C. The van der Waals surface area contributed by atoms with Gasteiger partial charge >= 0.3 is 0 Å². The standard InChI is InChI=1S/C39H58N4O9/c1-39(2,3)35(42-34(44)27-47-4)37(46)43-33(36(45)41-32-15-9-12-28-10-5-7-13-30(28)32)26-29-11-6-8-14-31(29)38(43)52-25-24-51-23-22-50-21-20-49-19-18-48-17-16-40/h5-8,10-11,13-14,32-33,35,38H,9,12,15-27,40H2,1-4H3,(H,41,45)(H,42,44)/t32-,33?,35-,38?/m1/s1. The first-order valence-corrected chi connectivity index (χ1v) is 18.3. The van der Waals surface area contributed by atoms with Gasteiger partial charge in [0, 0.05) is 25.6 Å². The van der Waals surface area contributed by atoms with Gasteiger partial charge in [-0.2, -0.15) is 0 Å². The number of rotatable bonds is 21. The van der Waals surface area contributed by atoms with E-state index in [1.165, 1.54) is 17.6 Å². The van der Waals surface area contributed by atoms with Gasteiger partial charge in [-0.25, -0.2) is 0 Å². The third-order valence-electron chi connectivity index (χ3n) is 9.14. The van der Waals surface area contributed by atoms with Gasteiger partial charge in [-0.15, -0.1) is 0 Å². The number of carbonyl (C=O) groups excluding carboxylic acids is 3. The molecule has 4 N–H and O–H groups in total. The van der Waals surface area contributed by atoms with Gasteiger partial charge in [0.1, 0.15) is 18.7 Å². The van der Waals surface area contributed by atoms with Crippen molar-refractivity contribution in [1.29, 1.82) is 0 Å². The molecule has 2 aromatic carbocycles. The van der Waals surface area contributed by atoms with E-state index in [-0.39, 0.29) is 31.8 Å². The summed E-state index contributed by atoms with van der Waals surface area (Å²) in [6.45, 7) is 9.40. The molecular formula is C39H58N4O9. The summed E-state index contributed by atoms with van der Waals surface area (Å²) in [6, 6.07) is 13.8. The van der Waals surface area contributed by atoms with Crippen molar-refractivity contribution in [2.45, 2.75) is 70.8 Å². The van der Waals surface area contributed by atoms with Crippen LogP contribution in [0.5, 0.6) is 0 Å². The molecule has 1 aliphatic heterocycles. The van der Waals surface area contributed by atoms with E-state index in [9.17, 15) is 14.4 Å². The van der Waals surface area contributed by atoms with Crippen molar-refractivity contribution >= 4 is 17.7 Å². The molecule has 13 heteroatoms. The monoisotopic (exact) mass is 726 g/mol. The lowest BCUT2D eigenvalue weighted by atomic mass is 9.83. The Bertz CT molecular complexity index is 1420. The van der Waals surface area contributed by atoms with Gasteiger partial charge in [-0.1, -0.05) is 69.3 Å². The third kappa shape index (κ3) is 12.1. The summed E-state index contributed by atoms with van der Waals surface area (Å²) in [5, 5.41) is 6.16. The number of nitrogens with one attached hydrogen (secondary N) is 2. The van der Waals surface area contributed by atoms with E-state index in [1.54, 1.807) is 0 Å². The molecule has 288 valence electrons. The van der Waals surface area contributed by atoms with E-state index in [4.69, 9.17) is 34.2 Å². The fourth-order valence-corrected chi connectivity index (χ4v) is 6.61. The number of amides is 3. The summed E-state index contributed by atoms with van der Waals surface area (Å²) in [5.41, 5.74) is 8.73. The van der Waals surface area contributed by atoms with Crippen molar-refractivity contribution < 1.29 is 42.8 Å². The number of benzene rings is 2. The molecule has 2 aromatic rings. The Balaban J connectivity index is 1.48. The van der Waals surface area contributed by atoms with Gasteiger partial charge < -0.3 is 44.8 Å². The second-order valence-corrected chi connectivity index (χ2v) is 14.1. The summed E-state index contributed by atoms with van der Waals surface area (Å²) >= 11 is 0. The van der Waals surface area contributed by atoms with Crippen LogP contribution in [0.4, 0.5) is 0 Å². The molecule has 4 rings (SSSR count). The number of nitrogens with two attached hydrogens (primary N) is 1. The molecule has 52 heavy (non-hydrogen) atoms. The number of carbonyl (C=O) groups is 3. The first-order valence-electron chi connectivity index (χ1n) is 18.3. The molecular weight excluding hydrogens is 668 g/mol. The average Bonchev–Trinajstić information content (AvgIpc) is 3.13. The van der Waals surface area contributed by atoms with Crippen LogP contribution in [-0.4, -0.2) is 114 Å². The molecule has 0 saturated carbocycles. The molecule has 0 aromatic heterocycles. The number of hydrogen-bond acceptors (Lipinski definition) is 10. The highest BCUT2D eigenvalue weighted by Crippen LogP contribution is 2.37. The second kappa shape index (κ2) is 21.3. The number of ether oxygens (including phenoxy) is 6. The van der Waals surface area contributed by atoms with Gasteiger partial charge in [0.05, 0.1) is 65.5 Å². The molecule has 2 aliphatic rings. The molecule has 0 bridgehead atoms. The van der Waals surface area contributed by atoms with Crippen LogP contribution in [0, 0.1) is 5.41 Å². The Morgan fingerprint density at radius 2 is 1.40 bits per heavy atom. The maximum absolute atomic E-state index is 14.8. The van der Waals surface area contributed by atoms with E-state index in [0.29, 0.717) is 59.2 Å². The van der Waals surface area contributed by atoms with Gasteiger partial charge in [0.15, 0.2) is 6.23 Å². The first kappa shape index (κ1) is 41.3. The van der Waals surface area contributed by atoms with Gasteiger partial charge in [-0.3, -0.25) is 19.3 Å². The maximum atomic E-state index is 14.8. The second-order valence-electron chi connectivity index (χ2n) is 14.1. The molecule has 13 nitrogen and oxygen atoms in total. The Labute approximate surface area is 308 Å². The molecule has 4 atom stereocenters. The molecule has 0 saturated heterocycles. The quantitative estimate of drug-likeness (QED) is 0.163. The van der Waals surface area contributed by atoms with Gasteiger partial charge in [0.25, 0.3) is 0 Å². The lowest BCUT2D eigenvalue weighted by molar-refractivity contribution is -0.168. The number of methoxy groups -OCH3 is 1. The minimum Gasteiger partial charge on any atom is -0.378 e.